The van der Waals surface area contributed by atoms with Gasteiger partial charge in [0.25, 0.3) is 0 Å². The predicted molar refractivity (Wildman–Crippen MR) is 127 cm³/mol. The maximum Gasteiger partial charge on any atom is 0.326 e. The van der Waals surface area contributed by atoms with Crippen LogP contribution in [-0.2, 0) is 35.2 Å². The lowest BCUT2D eigenvalue weighted by molar-refractivity contribution is -0.142. The fourth-order valence-electron chi connectivity index (χ4n) is 3.23. The third-order valence-electron chi connectivity index (χ3n) is 5.22. The van der Waals surface area contributed by atoms with E-state index in [1.165, 1.54) is 12.5 Å². The number of nitrogens with two attached hydrogens (primary N) is 3. The van der Waals surface area contributed by atoms with E-state index in [1.54, 1.807) is 0 Å². The van der Waals surface area contributed by atoms with Crippen LogP contribution < -0.4 is 33.2 Å². The number of H-pyrrole nitrogens is 1. The molecule has 12 N–H and O–H groups in total. The number of aromatic nitrogens is 2. The molecule has 0 aromatic carbocycles. The number of aliphatic carboxylic acids is 2. The van der Waals surface area contributed by atoms with Crippen LogP contribution in [0.4, 0.5) is 0 Å². The number of amides is 4. The smallest absolute Gasteiger partial charge is 0.326 e. The van der Waals surface area contributed by atoms with Gasteiger partial charge < -0.3 is 48.3 Å². The summed E-state index contributed by atoms with van der Waals surface area (Å²) in [7, 11) is 0. The van der Waals surface area contributed by atoms with Crippen molar-refractivity contribution in [1.29, 1.82) is 0 Å². The minimum Gasteiger partial charge on any atom is -0.481 e. The van der Waals surface area contributed by atoms with Crippen molar-refractivity contribution in [3.8, 4) is 0 Å². The number of nitrogens with zero attached hydrogens (tertiary/aromatic N) is 1. The predicted octanol–water partition coefficient (Wildman–Crippen LogP) is -3.31. The van der Waals surface area contributed by atoms with Gasteiger partial charge in [0.2, 0.25) is 23.6 Å². The van der Waals surface area contributed by atoms with Crippen LogP contribution in [0.2, 0.25) is 0 Å². The van der Waals surface area contributed by atoms with E-state index in [2.05, 4.69) is 25.9 Å². The summed E-state index contributed by atoms with van der Waals surface area (Å²) in [5.41, 5.74) is 16.8. The topological polar surface area (TPSA) is 286 Å². The first-order valence-corrected chi connectivity index (χ1v) is 11.5. The van der Waals surface area contributed by atoms with E-state index >= 15 is 0 Å². The molecule has 1 aromatic rings. The molecule has 0 aliphatic heterocycles. The zero-order chi connectivity index (χ0) is 28.0. The lowest BCUT2D eigenvalue weighted by Crippen LogP contribution is -2.58. The molecular formula is C21H34N8O8. The molecule has 0 aliphatic carbocycles. The van der Waals surface area contributed by atoms with E-state index in [0.717, 1.165) is 0 Å². The number of carbonyl (C=O) groups is 6. The van der Waals surface area contributed by atoms with E-state index in [0.29, 0.717) is 25.1 Å². The van der Waals surface area contributed by atoms with Gasteiger partial charge in [0.05, 0.1) is 18.8 Å². The van der Waals surface area contributed by atoms with Crippen molar-refractivity contribution in [3.63, 3.8) is 0 Å². The van der Waals surface area contributed by atoms with Gasteiger partial charge in [0, 0.05) is 24.7 Å². The average molecular weight is 527 g/mol. The summed E-state index contributed by atoms with van der Waals surface area (Å²) in [6, 6.07) is -5.44. The Morgan fingerprint density at radius 1 is 0.919 bits per heavy atom. The van der Waals surface area contributed by atoms with Gasteiger partial charge in [-0.1, -0.05) is 6.42 Å². The van der Waals surface area contributed by atoms with Crippen LogP contribution in [0.25, 0.3) is 0 Å². The first-order chi connectivity index (χ1) is 17.4. The quantitative estimate of drug-likeness (QED) is 0.0853. The molecule has 4 unspecified atom stereocenters. The summed E-state index contributed by atoms with van der Waals surface area (Å²) in [6.45, 7) is 0.409. The minimum absolute atomic E-state index is 0.169. The largest absolute Gasteiger partial charge is 0.481 e. The van der Waals surface area contributed by atoms with Gasteiger partial charge >= 0.3 is 11.9 Å². The molecule has 4 atom stereocenters. The molecule has 0 saturated heterocycles. The molecule has 0 aliphatic rings. The summed E-state index contributed by atoms with van der Waals surface area (Å²) in [4.78, 5) is 78.8. The number of carbonyl (C=O) groups excluding carboxylic acids is 4. The molecule has 1 heterocycles. The molecule has 0 bridgehead atoms. The van der Waals surface area contributed by atoms with Crippen molar-refractivity contribution >= 4 is 35.6 Å². The van der Waals surface area contributed by atoms with Gasteiger partial charge in [0.15, 0.2) is 0 Å². The van der Waals surface area contributed by atoms with Gasteiger partial charge in [0.1, 0.15) is 18.1 Å². The molecule has 16 nitrogen and oxygen atoms in total. The molecule has 4 amide bonds. The molecule has 0 spiro atoms. The highest BCUT2D eigenvalue weighted by atomic mass is 16.4. The summed E-state index contributed by atoms with van der Waals surface area (Å²) in [5, 5.41) is 25.3. The van der Waals surface area contributed by atoms with Crippen molar-refractivity contribution in [2.45, 2.75) is 69.1 Å². The zero-order valence-electron chi connectivity index (χ0n) is 20.1. The Morgan fingerprint density at radius 2 is 1.54 bits per heavy atom. The number of nitrogens with one attached hydrogen (secondary N) is 4. The summed E-state index contributed by atoms with van der Waals surface area (Å²) < 4.78 is 0. The van der Waals surface area contributed by atoms with Crippen molar-refractivity contribution in [2.24, 2.45) is 17.2 Å². The normalized spacial score (nSPS) is 14.0. The molecule has 16 heteroatoms. The third-order valence-corrected chi connectivity index (χ3v) is 5.22. The Morgan fingerprint density at radius 3 is 2.08 bits per heavy atom. The maximum absolute atomic E-state index is 12.9. The number of rotatable bonds is 18. The lowest BCUT2D eigenvalue weighted by Gasteiger charge is -2.24. The van der Waals surface area contributed by atoms with Gasteiger partial charge in [-0.05, 0) is 25.8 Å². The Kier molecular flexibility index (Phi) is 13.3. The average Bonchev–Trinajstić information content (AvgIpc) is 3.33. The minimum atomic E-state index is -1.60. The lowest BCUT2D eigenvalue weighted by atomic mass is 10.1. The molecule has 1 rings (SSSR count). The highest BCUT2D eigenvalue weighted by Crippen LogP contribution is 2.05. The zero-order valence-corrected chi connectivity index (χ0v) is 20.1. The third kappa shape index (κ3) is 12.0. The van der Waals surface area contributed by atoms with E-state index < -0.39 is 72.6 Å². The maximum atomic E-state index is 12.9. The van der Waals surface area contributed by atoms with E-state index in [1.807, 2.05) is 0 Å². The molecule has 0 fully saturated rings. The van der Waals surface area contributed by atoms with Crippen LogP contribution in [0.3, 0.4) is 0 Å². The Labute approximate surface area is 212 Å². The second-order valence-electron chi connectivity index (χ2n) is 8.30. The molecule has 37 heavy (non-hydrogen) atoms. The molecular weight excluding hydrogens is 492 g/mol. The van der Waals surface area contributed by atoms with Crippen LogP contribution in [-0.4, -0.2) is 86.5 Å². The second-order valence-corrected chi connectivity index (χ2v) is 8.30. The molecule has 206 valence electrons. The Bertz CT molecular complexity index is 939. The van der Waals surface area contributed by atoms with Crippen LogP contribution in [0, 0.1) is 0 Å². The van der Waals surface area contributed by atoms with Gasteiger partial charge in [-0.3, -0.25) is 24.0 Å². The highest BCUT2D eigenvalue weighted by molar-refractivity contribution is 5.96. The van der Waals surface area contributed by atoms with Crippen LogP contribution in [0.15, 0.2) is 12.5 Å². The second kappa shape index (κ2) is 15.8. The standard InChI is InChI=1S/C21H34N8O8/c22-6-2-1-3-12(23)18(33)27-13(4-5-17(31)32)19(34)28-14(8-16(24)30)20(35)29-15(21(36)37)7-11-9-25-10-26-11/h9-10,12-15H,1-8,22-23H2,(H2,24,30)(H,25,26)(H,27,33)(H,28,34)(H,29,35)(H,31,32)(H,36,37). The fraction of sp³-hybridized carbons (Fsp3) is 0.571. The number of primary amides is 1. The van der Waals surface area contributed by atoms with Crippen LogP contribution >= 0.6 is 0 Å². The molecule has 0 radical (unpaired) electrons. The monoisotopic (exact) mass is 526 g/mol. The number of unbranched alkanes of at least 4 members (excludes halogenated alkanes) is 1. The van der Waals surface area contributed by atoms with E-state index in [9.17, 15) is 33.9 Å². The van der Waals surface area contributed by atoms with Gasteiger partial charge in [-0.2, -0.15) is 0 Å². The fourth-order valence-corrected chi connectivity index (χ4v) is 3.23. The first kappa shape index (κ1) is 31.0. The number of imidazole rings is 1. The Hall–Kier alpha value is -4.05. The van der Waals surface area contributed by atoms with Crippen LogP contribution in [0.5, 0.6) is 0 Å². The van der Waals surface area contributed by atoms with Crippen LogP contribution in [0.1, 0.15) is 44.2 Å². The summed E-state index contributed by atoms with van der Waals surface area (Å²) >= 11 is 0. The molecule has 0 saturated carbocycles. The van der Waals surface area contributed by atoms with Crippen molar-refractivity contribution < 1.29 is 39.0 Å². The Balaban J connectivity index is 2.97. The highest BCUT2D eigenvalue weighted by Gasteiger charge is 2.31. The number of hydrogen-bond donors (Lipinski definition) is 9. The molecule has 1 aromatic heterocycles. The van der Waals surface area contributed by atoms with Crippen molar-refractivity contribution in [1.82, 2.24) is 25.9 Å². The van der Waals surface area contributed by atoms with Crippen molar-refractivity contribution in [3.05, 3.63) is 18.2 Å². The summed E-state index contributed by atoms with van der Waals surface area (Å²) in [5.74, 6) is -6.33. The van der Waals surface area contributed by atoms with E-state index in [-0.39, 0.29) is 19.3 Å². The summed E-state index contributed by atoms with van der Waals surface area (Å²) in [6.07, 6.45) is 2.44. The number of hydrogen-bond acceptors (Lipinski definition) is 9. The first-order valence-electron chi connectivity index (χ1n) is 11.5. The van der Waals surface area contributed by atoms with E-state index in [4.69, 9.17) is 22.3 Å². The number of carboxylic acids is 2. The van der Waals surface area contributed by atoms with Crippen molar-refractivity contribution in [2.75, 3.05) is 6.54 Å². The SMILES string of the molecule is NCCCCC(N)C(=O)NC(CCC(=O)O)C(=O)NC(CC(N)=O)C(=O)NC(Cc1cnc[nH]1)C(=O)O. The number of carboxylic acid groups (broad SMARTS) is 2. The van der Waals surface area contributed by atoms with Gasteiger partial charge in [-0.25, -0.2) is 9.78 Å². The number of aromatic amines is 1. The van der Waals surface area contributed by atoms with Gasteiger partial charge in [-0.15, -0.1) is 0 Å².